The monoisotopic (exact) mass is 302 g/mol. The van der Waals surface area contributed by atoms with E-state index in [-0.39, 0.29) is 5.91 Å². The number of amides is 1. The van der Waals surface area contributed by atoms with Crippen molar-refractivity contribution in [2.45, 2.75) is 13.0 Å². The zero-order valence-corrected chi connectivity index (χ0v) is 12.3. The van der Waals surface area contributed by atoms with Crippen molar-refractivity contribution in [2.24, 2.45) is 0 Å². The first-order chi connectivity index (χ1) is 10.2. The number of methoxy groups -OCH3 is 1. The Balaban J connectivity index is 1.76. The Labute approximate surface area is 128 Å². The number of nitrogens with one attached hydrogen (secondary N) is 2. The van der Waals surface area contributed by atoms with Gasteiger partial charge in [0.25, 0.3) is 0 Å². The fourth-order valence-electron chi connectivity index (χ4n) is 2.36. The highest BCUT2D eigenvalue weighted by molar-refractivity contribution is 6.33. The molecule has 2 N–H and O–H groups in total. The standard InChI is InChI=1S/C16H15ClN2O2/c1-21-12-4-2-3-10(5-12)9-18-15-6-11-7-16(20)19-14(11)8-13(15)17/h2-6,8,18H,7,9H2,1H3,(H,19,20). The van der Waals surface area contributed by atoms with Crippen molar-refractivity contribution in [1.29, 1.82) is 0 Å². The number of fused-ring (bicyclic) bond motifs is 1. The van der Waals surface area contributed by atoms with Crippen molar-refractivity contribution in [2.75, 3.05) is 17.7 Å². The lowest BCUT2D eigenvalue weighted by Crippen LogP contribution is -2.03. The predicted octanol–water partition coefficient (Wildman–Crippen LogP) is 3.46. The molecule has 5 heteroatoms. The van der Waals surface area contributed by atoms with Crippen LogP contribution in [0.2, 0.25) is 5.02 Å². The van der Waals surface area contributed by atoms with Crippen LogP contribution in [0.5, 0.6) is 5.75 Å². The first kappa shape index (κ1) is 13.8. The normalized spacial score (nSPS) is 12.8. The Bertz CT molecular complexity index is 701. The number of benzene rings is 2. The van der Waals surface area contributed by atoms with Gasteiger partial charge >= 0.3 is 0 Å². The van der Waals surface area contributed by atoms with Crippen molar-refractivity contribution >= 4 is 28.9 Å². The first-order valence-electron chi connectivity index (χ1n) is 6.65. The van der Waals surface area contributed by atoms with Gasteiger partial charge in [0.15, 0.2) is 0 Å². The van der Waals surface area contributed by atoms with E-state index in [0.29, 0.717) is 18.0 Å². The molecule has 4 nitrogen and oxygen atoms in total. The Morgan fingerprint density at radius 3 is 3.00 bits per heavy atom. The molecule has 0 fully saturated rings. The van der Waals surface area contributed by atoms with Crippen molar-refractivity contribution < 1.29 is 9.53 Å². The molecule has 108 valence electrons. The highest BCUT2D eigenvalue weighted by Gasteiger charge is 2.19. The van der Waals surface area contributed by atoms with E-state index in [4.69, 9.17) is 16.3 Å². The maximum atomic E-state index is 11.4. The smallest absolute Gasteiger partial charge is 0.228 e. The van der Waals surface area contributed by atoms with Crippen molar-refractivity contribution in [3.05, 3.63) is 52.5 Å². The van der Waals surface area contributed by atoms with Crippen LogP contribution >= 0.6 is 11.6 Å². The van der Waals surface area contributed by atoms with Crippen LogP contribution in [0.3, 0.4) is 0 Å². The number of carbonyl (C=O) groups is 1. The quantitative estimate of drug-likeness (QED) is 0.909. The third kappa shape index (κ3) is 2.95. The zero-order valence-electron chi connectivity index (χ0n) is 11.6. The average molecular weight is 303 g/mol. The molecule has 0 spiro atoms. The molecule has 1 aliphatic rings. The molecular weight excluding hydrogens is 288 g/mol. The third-order valence-corrected chi connectivity index (χ3v) is 3.75. The zero-order chi connectivity index (χ0) is 14.8. The second-order valence-corrected chi connectivity index (χ2v) is 5.33. The molecule has 0 saturated carbocycles. The summed E-state index contributed by atoms with van der Waals surface area (Å²) in [6.07, 6.45) is 0.403. The highest BCUT2D eigenvalue weighted by atomic mass is 35.5. The van der Waals surface area contributed by atoms with Crippen LogP contribution in [0, 0.1) is 0 Å². The molecule has 0 aliphatic carbocycles. The summed E-state index contributed by atoms with van der Waals surface area (Å²) in [5, 5.41) is 6.68. The van der Waals surface area contributed by atoms with Crippen LogP contribution in [0.15, 0.2) is 36.4 Å². The Hall–Kier alpha value is -2.20. The second-order valence-electron chi connectivity index (χ2n) is 4.92. The van der Waals surface area contributed by atoms with Gasteiger partial charge in [-0.15, -0.1) is 0 Å². The fourth-order valence-corrected chi connectivity index (χ4v) is 2.59. The number of halogens is 1. The van der Waals surface area contributed by atoms with Gasteiger partial charge in [-0.25, -0.2) is 0 Å². The summed E-state index contributed by atoms with van der Waals surface area (Å²) in [5.41, 5.74) is 3.70. The third-order valence-electron chi connectivity index (χ3n) is 3.44. The Morgan fingerprint density at radius 2 is 2.19 bits per heavy atom. The minimum absolute atomic E-state index is 0.00557. The van der Waals surface area contributed by atoms with Crippen LogP contribution < -0.4 is 15.4 Å². The molecule has 0 saturated heterocycles. The summed E-state index contributed by atoms with van der Waals surface area (Å²) >= 11 is 6.24. The van der Waals surface area contributed by atoms with Crippen LogP contribution in [-0.2, 0) is 17.8 Å². The SMILES string of the molecule is COc1cccc(CNc2cc3c(cc2Cl)NC(=O)C3)c1. The molecular formula is C16H15ClN2O2. The number of anilines is 2. The van der Waals surface area contributed by atoms with Crippen molar-refractivity contribution in [3.63, 3.8) is 0 Å². The molecule has 0 unspecified atom stereocenters. The maximum absolute atomic E-state index is 11.4. The summed E-state index contributed by atoms with van der Waals surface area (Å²) in [7, 11) is 1.65. The molecule has 1 heterocycles. The van der Waals surface area contributed by atoms with Gasteiger partial charge in [-0.05, 0) is 35.4 Å². The van der Waals surface area contributed by atoms with E-state index < -0.39 is 0 Å². The molecule has 21 heavy (non-hydrogen) atoms. The van der Waals surface area contributed by atoms with Crippen molar-refractivity contribution in [3.8, 4) is 5.75 Å². The van der Waals surface area contributed by atoms with Crippen LogP contribution in [0.4, 0.5) is 11.4 Å². The van der Waals surface area contributed by atoms with Crippen LogP contribution in [0.1, 0.15) is 11.1 Å². The minimum atomic E-state index is 0.00557. The molecule has 0 radical (unpaired) electrons. The summed E-state index contributed by atoms with van der Waals surface area (Å²) in [5.74, 6) is 0.829. The lowest BCUT2D eigenvalue weighted by atomic mass is 10.1. The molecule has 2 aromatic carbocycles. The van der Waals surface area contributed by atoms with E-state index in [1.807, 2.05) is 30.3 Å². The van der Waals surface area contributed by atoms with Gasteiger partial charge in [0.05, 0.1) is 24.2 Å². The van der Waals surface area contributed by atoms with Crippen LogP contribution in [0.25, 0.3) is 0 Å². The Kier molecular flexibility index (Phi) is 3.71. The molecule has 0 aromatic heterocycles. The summed E-state index contributed by atoms with van der Waals surface area (Å²) in [6.45, 7) is 0.636. The lowest BCUT2D eigenvalue weighted by Gasteiger charge is -2.11. The minimum Gasteiger partial charge on any atom is -0.497 e. The van der Waals surface area contributed by atoms with Gasteiger partial charge in [-0.1, -0.05) is 23.7 Å². The number of ether oxygens (including phenoxy) is 1. The molecule has 1 aliphatic heterocycles. The average Bonchev–Trinajstić information content (AvgIpc) is 2.84. The van der Waals surface area contributed by atoms with E-state index in [1.54, 1.807) is 13.2 Å². The number of carbonyl (C=O) groups excluding carboxylic acids is 1. The maximum Gasteiger partial charge on any atom is 0.228 e. The van der Waals surface area contributed by atoms with E-state index in [9.17, 15) is 4.79 Å². The van der Waals surface area contributed by atoms with E-state index in [2.05, 4.69) is 10.6 Å². The van der Waals surface area contributed by atoms with Crippen LogP contribution in [-0.4, -0.2) is 13.0 Å². The van der Waals surface area contributed by atoms with Gasteiger partial charge in [-0.2, -0.15) is 0 Å². The second kappa shape index (κ2) is 5.66. The number of rotatable bonds is 4. The van der Waals surface area contributed by atoms with Gasteiger partial charge in [0.1, 0.15) is 5.75 Å². The lowest BCUT2D eigenvalue weighted by molar-refractivity contribution is -0.115. The van der Waals surface area contributed by atoms with Crippen molar-refractivity contribution in [1.82, 2.24) is 0 Å². The highest BCUT2D eigenvalue weighted by Crippen LogP contribution is 2.33. The molecule has 1 amide bonds. The van der Waals surface area contributed by atoms with E-state index in [0.717, 1.165) is 28.3 Å². The topological polar surface area (TPSA) is 50.4 Å². The van der Waals surface area contributed by atoms with E-state index in [1.165, 1.54) is 0 Å². The van der Waals surface area contributed by atoms with Gasteiger partial charge in [-0.3, -0.25) is 4.79 Å². The molecule has 0 atom stereocenters. The van der Waals surface area contributed by atoms with Gasteiger partial charge < -0.3 is 15.4 Å². The first-order valence-corrected chi connectivity index (χ1v) is 7.02. The number of hydrogen-bond acceptors (Lipinski definition) is 3. The summed E-state index contributed by atoms with van der Waals surface area (Å²) in [6, 6.07) is 11.6. The molecule has 3 rings (SSSR count). The van der Waals surface area contributed by atoms with E-state index >= 15 is 0 Å². The molecule has 0 bridgehead atoms. The summed E-state index contributed by atoms with van der Waals surface area (Å²) < 4.78 is 5.20. The summed E-state index contributed by atoms with van der Waals surface area (Å²) in [4.78, 5) is 11.4. The largest absolute Gasteiger partial charge is 0.497 e. The predicted molar refractivity (Wildman–Crippen MR) is 84.1 cm³/mol. The Morgan fingerprint density at radius 1 is 1.33 bits per heavy atom. The van der Waals surface area contributed by atoms with Gasteiger partial charge in [0, 0.05) is 12.2 Å². The van der Waals surface area contributed by atoms with Gasteiger partial charge in [0.2, 0.25) is 5.91 Å². The fraction of sp³-hybridized carbons (Fsp3) is 0.188. The number of hydrogen-bond donors (Lipinski definition) is 2. The molecule has 2 aromatic rings.